The number of nitrogens with one attached hydrogen (secondary N) is 1. The second-order valence-corrected chi connectivity index (χ2v) is 4.93. The third-order valence-electron chi connectivity index (χ3n) is 3.31. The highest BCUT2D eigenvalue weighted by atomic mass is 16.6. The van der Waals surface area contributed by atoms with Crippen molar-refractivity contribution in [1.82, 2.24) is 0 Å². The molecule has 0 saturated heterocycles. The molecule has 118 valence electrons. The number of benzene rings is 2. The minimum atomic E-state index is -0.936. The van der Waals surface area contributed by atoms with Crippen LogP contribution in [0.25, 0.3) is 0 Å². The lowest BCUT2D eigenvalue weighted by atomic mass is 10.1. The van der Waals surface area contributed by atoms with Crippen molar-refractivity contribution in [2.45, 2.75) is 13.3 Å². The van der Waals surface area contributed by atoms with Gasteiger partial charge in [-0.2, -0.15) is 0 Å². The molecule has 7 nitrogen and oxygen atoms in total. The summed E-state index contributed by atoms with van der Waals surface area (Å²) in [7, 11) is 0. The summed E-state index contributed by atoms with van der Waals surface area (Å²) in [5.41, 5.74) is 1.48. The van der Waals surface area contributed by atoms with Gasteiger partial charge in [0, 0.05) is 22.9 Å². The fraction of sp³-hybridized carbons (Fsp3) is 0.125. The molecule has 0 spiro atoms. The number of hydrogen-bond donors (Lipinski definition) is 2. The Kier molecular flexibility index (Phi) is 4.70. The molecule has 2 aromatic carbocycles. The summed E-state index contributed by atoms with van der Waals surface area (Å²) in [6.45, 7) is 1.52. The number of rotatable bonds is 5. The van der Waals surface area contributed by atoms with E-state index in [1.807, 2.05) is 0 Å². The summed E-state index contributed by atoms with van der Waals surface area (Å²) in [5, 5.41) is 22.2. The Morgan fingerprint density at radius 3 is 2.39 bits per heavy atom. The van der Waals surface area contributed by atoms with Gasteiger partial charge in [0.1, 0.15) is 0 Å². The monoisotopic (exact) mass is 314 g/mol. The molecule has 0 bridgehead atoms. The van der Waals surface area contributed by atoms with Crippen LogP contribution in [0, 0.1) is 17.0 Å². The number of carboxylic acid groups (broad SMARTS) is 1. The molecular formula is C16H14N2O5. The summed E-state index contributed by atoms with van der Waals surface area (Å²) in [5.74, 6) is -1.40. The molecule has 0 unspecified atom stereocenters. The van der Waals surface area contributed by atoms with E-state index in [9.17, 15) is 19.7 Å². The predicted molar refractivity (Wildman–Crippen MR) is 83.6 cm³/mol. The number of nitro groups is 1. The highest BCUT2D eigenvalue weighted by Gasteiger charge is 2.17. The second kappa shape index (κ2) is 6.69. The molecular weight excluding hydrogens is 300 g/mol. The van der Waals surface area contributed by atoms with Crippen LogP contribution in [0.5, 0.6) is 0 Å². The van der Waals surface area contributed by atoms with E-state index in [0.717, 1.165) is 0 Å². The van der Waals surface area contributed by atoms with Crippen LogP contribution in [-0.2, 0) is 11.2 Å². The Labute approximate surface area is 131 Å². The number of amides is 1. The summed E-state index contributed by atoms with van der Waals surface area (Å²) < 4.78 is 0. The SMILES string of the molecule is Cc1c(C(=O)Nc2ccc(CC(=O)O)cc2)cccc1[N+](=O)[O-]. The van der Waals surface area contributed by atoms with E-state index in [0.29, 0.717) is 11.3 Å². The number of carboxylic acids is 1. The van der Waals surface area contributed by atoms with Gasteiger partial charge < -0.3 is 10.4 Å². The Bertz CT molecular complexity index is 769. The van der Waals surface area contributed by atoms with Gasteiger partial charge in [0.25, 0.3) is 11.6 Å². The molecule has 23 heavy (non-hydrogen) atoms. The van der Waals surface area contributed by atoms with Crippen LogP contribution in [0.1, 0.15) is 21.5 Å². The van der Waals surface area contributed by atoms with Gasteiger partial charge in [-0.05, 0) is 30.7 Å². The predicted octanol–water partition coefficient (Wildman–Crippen LogP) is 2.78. The van der Waals surface area contributed by atoms with E-state index < -0.39 is 16.8 Å². The van der Waals surface area contributed by atoms with Crippen molar-refractivity contribution in [2.75, 3.05) is 5.32 Å². The molecule has 1 amide bonds. The maximum atomic E-state index is 12.2. The quantitative estimate of drug-likeness (QED) is 0.651. The van der Waals surface area contributed by atoms with Crippen LogP contribution in [0.3, 0.4) is 0 Å². The number of nitrogens with zero attached hydrogens (tertiary/aromatic N) is 1. The van der Waals surface area contributed by atoms with Crippen LogP contribution in [0.2, 0.25) is 0 Å². The zero-order chi connectivity index (χ0) is 17.0. The first-order valence-electron chi connectivity index (χ1n) is 6.74. The second-order valence-electron chi connectivity index (χ2n) is 4.93. The smallest absolute Gasteiger partial charge is 0.307 e. The van der Waals surface area contributed by atoms with Crippen molar-refractivity contribution >= 4 is 23.3 Å². The molecule has 7 heteroatoms. The average molecular weight is 314 g/mol. The summed E-state index contributed by atoms with van der Waals surface area (Å²) in [4.78, 5) is 33.2. The molecule has 0 atom stereocenters. The molecule has 2 rings (SSSR count). The Morgan fingerprint density at radius 2 is 1.83 bits per heavy atom. The maximum Gasteiger partial charge on any atom is 0.307 e. The van der Waals surface area contributed by atoms with Gasteiger partial charge in [0.05, 0.1) is 11.3 Å². The van der Waals surface area contributed by atoms with Crippen LogP contribution >= 0.6 is 0 Å². The Hall–Kier alpha value is -3.22. The normalized spacial score (nSPS) is 10.1. The van der Waals surface area contributed by atoms with Gasteiger partial charge in [-0.3, -0.25) is 19.7 Å². The van der Waals surface area contributed by atoms with Crippen molar-refractivity contribution in [2.24, 2.45) is 0 Å². The molecule has 0 fully saturated rings. The van der Waals surface area contributed by atoms with E-state index in [2.05, 4.69) is 5.32 Å². The van der Waals surface area contributed by atoms with Gasteiger partial charge in [-0.25, -0.2) is 0 Å². The molecule has 2 aromatic rings. The minimum absolute atomic E-state index is 0.0990. The lowest BCUT2D eigenvalue weighted by Crippen LogP contribution is -2.14. The summed E-state index contributed by atoms with van der Waals surface area (Å²) >= 11 is 0. The average Bonchev–Trinajstić information content (AvgIpc) is 2.48. The van der Waals surface area contributed by atoms with Gasteiger partial charge in [0.2, 0.25) is 0 Å². The van der Waals surface area contributed by atoms with E-state index >= 15 is 0 Å². The first kappa shape index (κ1) is 16.2. The maximum absolute atomic E-state index is 12.2. The van der Waals surface area contributed by atoms with Crippen LogP contribution in [0.15, 0.2) is 42.5 Å². The van der Waals surface area contributed by atoms with E-state index in [4.69, 9.17) is 5.11 Å². The molecule has 2 N–H and O–H groups in total. The molecule has 0 aliphatic carbocycles. The molecule has 0 radical (unpaired) electrons. The zero-order valence-corrected chi connectivity index (χ0v) is 12.3. The standard InChI is InChI=1S/C16H14N2O5/c1-10-13(3-2-4-14(10)18(22)23)16(21)17-12-7-5-11(6-8-12)9-15(19)20/h2-8H,9H2,1H3,(H,17,21)(H,19,20). The minimum Gasteiger partial charge on any atom is -0.481 e. The van der Waals surface area contributed by atoms with Crippen LogP contribution in [0.4, 0.5) is 11.4 Å². The highest BCUT2D eigenvalue weighted by Crippen LogP contribution is 2.22. The molecule has 0 heterocycles. The number of aliphatic carboxylic acids is 1. The van der Waals surface area contributed by atoms with Gasteiger partial charge in [-0.15, -0.1) is 0 Å². The Balaban J connectivity index is 2.18. The van der Waals surface area contributed by atoms with E-state index in [-0.39, 0.29) is 23.2 Å². The lowest BCUT2D eigenvalue weighted by Gasteiger charge is -2.08. The number of nitro benzene ring substituents is 1. The van der Waals surface area contributed by atoms with Crippen LogP contribution < -0.4 is 5.32 Å². The Morgan fingerprint density at radius 1 is 1.17 bits per heavy atom. The summed E-state index contributed by atoms with van der Waals surface area (Å²) in [6, 6.07) is 10.7. The van der Waals surface area contributed by atoms with Gasteiger partial charge >= 0.3 is 5.97 Å². The number of anilines is 1. The summed E-state index contributed by atoms with van der Waals surface area (Å²) in [6.07, 6.45) is -0.0990. The number of carbonyl (C=O) groups excluding carboxylic acids is 1. The fourth-order valence-corrected chi connectivity index (χ4v) is 2.15. The van der Waals surface area contributed by atoms with Crippen molar-refractivity contribution in [1.29, 1.82) is 0 Å². The fourth-order valence-electron chi connectivity index (χ4n) is 2.15. The largest absolute Gasteiger partial charge is 0.481 e. The van der Waals surface area contributed by atoms with Gasteiger partial charge in [-0.1, -0.05) is 18.2 Å². The first-order valence-corrected chi connectivity index (χ1v) is 6.74. The van der Waals surface area contributed by atoms with Crippen molar-refractivity contribution in [3.05, 3.63) is 69.3 Å². The molecule has 0 saturated carbocycles. The van der Waals surface area contributed by atoms with Crippen molar-refractivity contribution < 1.29 is 19.6 Å². The number of carbonyl (C=O) groups is 2. The molecule has 0 aliphatic rings. The lowest BCUT2D eigenvalue weighted by molar-refractivity contribution is -0.385. The number of hydrogen-bond acceptors (Lipinski definition) is 4. The zero-order valence-electron chi connectivity index (χ0n) is 12.3. The molecule has 0 aromatic heterocycles. The third kappa shape index (κ3) is 3.91. The van der Waals surface area contributed by atoms with Crippen LogP contribution in [-0.4, -0.2) is 21.9 Å². The first-order chi connectivity index (χ1) is 10.9. The van der Waals surface area contributed by atoms with E-state index in [1.54, 1.807) is 24.3 Å². The molecule has 0 aliphatic heterocycles. The van der Waals surface area contributed by atoms with Gasteiger partial charge in [0.15, 0.2) is 0 Å². The van der Waals surface area contributed by atoms with Crippen molar-refractivity contribution in [3.8, 4) is 0 Å². The highest BCUT2D eigenvalue weighted by molar-refractivity contribution is 6.05. The van der Waals surface area contributed by atoms with E-state index in [1.165, 1.54) is 25.1 Å². The van der Waals surface area contributed by atoms with Crippen molar-refractivity contribution in [3.63, 3.8) is 0 Å². The topological polar surface area (TPSA) is 110 Å². The third-order valence-corrected chi connectivity index (χ3v) is 3.31.